The fourth-order valence-corrected chi connectivity index (χ4v) is 6.69. The Morgan fingerprint density at radius 2 is 1.46 bits per heavy atom. The highest BCUT2D eigenvalue weighted by molar-refractivity contribution is 6.14. The maximum Gasteiger partial charge on any atom is 0.136 e. The molecule has 5 aromatic carbocycles. The van der Waals surface area contributed by atoms with Crippen molar-refractivity contribution >= 4 is 43.7 Å². The zero-order valence-corrected chi connectivity index (χ0v) is 21.5. The van der Waals surface area contributed by atoms with E-state index < -0.39 is 0 Å². The lowest BCUT2D eigenvalue weighted by molar-refractivity contribution is 0.630. The molecule has 0 bridgehead atoms. The maximum absolute atomic E-state index is 6.21. The highest BCUT2D eigenvalue weighted by Gasteiger charge is 2.35. The molecule has 0 aliphatic carbocycles. The van der Waals surface area contributed by atoms with E-state index in [1.807, 2.05) is 6.07 Å². The van der Waals surface area contributed by atoms with Crippen LogP contribution in [0, 0.1) is 13.8 Å². The molecule has 2 heteroatoms. The lowest BCUT2D eigenvalue weighted by Crippen LogP contribution is -2.26. The predicted octanol–water partition coefficient (Wildman–Crippen LogP) is 9.61. The van der Waals surface area contributed by atoms with Gasteiger partial charge in [0.05, 0.1) is 16.7 Å². The molecule has 0 saturated carbocycles. The highest BCUT2D eigenvalue weighted by Crippen LogP contribution is 2.49. The number of aromatic nitrogens is 1. The van der Waals surface area contributed by atoms with Crippen LogP contribution in [0.1, 0.15) is 36.1 Å². The molecular formula is C35H27NO. The zero-order valence-electron chi connectivity index (χ0n) is 21.5. The number of fused-ring (bicyclic) bond motifs is 8. The summed E-state index contributed by atoms with van der Waals surface area (Å²) in [5.74, 6) is 0. The van der Waals surface area contributed by atoms with Gasteiger partial charge in [0.2, 0.25) is 0 Å². The Hall–Kier alpha value is -4.30. The van der Waals surface area contributed by atoms with Gasteiger partial charge < -0.3 is 8.98 Å². The zero-order chi connectivity index (χ0) is 25.1. The Bertz CT molecular complexity index is 2080. The van der Waals surface area contributed by atoms with Gasteiger partial charge in [-0.15, -0.1) is 0 Å². The second kappa shape index (κ2) is 6.92. The van der Waals surface area contributed by atoms with E-state index in [2.05, 4.69) is 117 Å². The van der Waals surface area contributed by atoms with Gasteiger partial charge in [-0.1, -0.05) is 73.5 Å². The number of benzene rings is 5. The summed E-state index contributed by atoms with van der Waals surface area (Å²) >= 11 is 0. The van der Waals surface area contributed by atoms with E-state index in [0.717, 1.165) is 11.2 Å². The Balaban J connectivity index is 1.47. The lowest BCUT2D eigenvalue weighted by Gasteiger charge is -2.35. The molecule has 2 aromatic heterocycles. The van der Waals surface area contributed by atoms with Crippen molar-refractivity contribution in [3.63, 3.8) is 0 Å². The summed E-state index contributed by atoms with van der Waals surface area (Å²) in [4.78, 5) is 0. The molecule has 37 heavy (non-hydrogen) atoms. The van der Waals surface area contributed by atoms with E-state index in [9.17, 15) is 0 Å². The topological polar surface area (TPSA) is 18.1 Å². The van der Waals surface area contributed by atoms with E-state index in [4.69, 9.17) is 4.42 Å². The van der Waals surface area contributed by atoms with Crippen LogP contribution in [0.2, 0.25) is 0 Å². The van der Waals surface area contributed by atoms with Crippen LogP contribution < -0.4 is 0 Å². The molecule has 0 amide bonds. The molecule has 3 heterocycles. The van der Waals surface area contributed by atoms with Gasteiger partial charge >= 0.3 is 0 Å². The number of aryl methyl sites for hydroxylation is 2. The van der Waals surface area contributed by atoms with Gasteiger partial charge in [0.15, 0.2) is 0 Å². The first kappa shape index (κ1) is 20.8. The number of hydrogen-bond acceptors (Lipinski definition) is 1. The van der Waals surface area contributed by atoms with E-state index in [0.29, 0.717) is 0 Å². The first-order chi connectivity index (χ1) is 17.9. The van der Waals surface area contributed by atoms with Gasteiger partial charge in [-0.2, -0.15) is 0 Å². The molecule has 7 aromatic rings. The van der Waals surface area contributed by atoms with Crippen molar-refractivity contribution < 1.29 is 4.42 Å². The second-order valence-corrected chi connectivity index (χ2v) is 11.2. The Morgan fingerprint density at radius 1 is 0.649 bits per heavy atom. The van der Waals surface area contributed by atoms with Gasteiger partial charge in [0, 0.05) is 27.0 Å². The van der Waals surface area contributed by atoms with Crippen molar-refractivity contribution in [2.75, 3.05) is 0 Å². The SMILES string of the molecule is Cc1ccc2c(c1)c1cc(C)cc3c1n2-c1ccc(-c2cccc4oc5ccccc5c24)cc1C3(C)C. The molecule has 2 nitrogen and oxygen atoms in total. The number of para-hydroxylation sites is 1. The van der Waals surface area contributed by atoms with Crippen LogP contribution >= 0.6 is 0 Å². The summed E-state index contributed by atoms with van der Waals surface area (Å²) in [6, 6.07) is 33.4. The van der Waals surface area contributed by atoms with Crippen LogP contribution in [0.5, 0.6) is 0 Å². The maximum atomic E-state index is 6.21. The summed E-state index contributed by atoms with van der Waals surface area (Å²) in [6.07, 6.45) is 0. The summed E-state index contributed by atoms with van der Waals surface area (Å²) in [5, 5.41) is 5.04. The summed E-state index contributed by atoms with van der Waals surface area (Å²) in [5.41, 5.74) is 13.4. The van der Waals surface area contributed by atoms with Crippen molar-refractivity contribution in [3.8, 4) is 16.8 Å². The fraction of sp³-hybridized carbons (Fsp3) is 0.143. The standard InChI is InChI=1S/C35H27NO/c1-20-12-14-29-25(16-20)26-17-21(2)18-28-34(26)36(29)30-15-13-22(19-27(30)35(28,3)4)23-9-7-11-32-33(23)24-8-5-6-10-31(24)37-32/h5-19H,1-4H3. The largest absolute Gasteiger partial charge is 0.456 e. The smallest absolute Gasteiger partial charge is 0.136 e. The van der Waals surface area contributed by atoms with Gasteiger partial charge in [0.25, 0.3) is 0 Å². The molecule has 0 N–H and O–H groups in total. The molecule has 0 fully saturated rings. The van der Waals surface area contributed by atoms with Crippen LogP contribution in [-0.2, 0) is 5.41 Å². The van der Waals surface area contributed by atoms with Gasteiger partial charge in [-0.25, -0.2) is 0 Å². The average molecular weight is 478 g/mol. The Morgan fingerprint density at radius 3 is 2.35 bits per heavy atom. The van der Waals surface area contributed by atoms with Crippen LogP contribution in [0.15, 0.2) is 95.4 Å². The fourth-order valence-electron chi connectivity index (χ4n) is 6.69. The first-order valence-corrected chi connectivity index (χ1v) is 13.0. The van der Waals surface area contributed by atoms with E-state index in [-0.39, 0.29) is 5.41 Å². The van der Waals surface area contributed by atoms with E-state index in [1.165, 1.54) is 71.6 Å². The van der Waals surface area contributed by atoms with Crippen LogP contribution in [0.3, 0.4) is 0 Å². The monoisotopic (exact) mass is 477 g/mol. The van der Waals surface area contributed by atoms with Crippen molar-refractivity contribution in [1.29, 1.82) is 0 Å². The van der Waals surface area contributed by atoms with Crippen molar-refractivity contribution in [3.05, 3.63) is 113 Å². The van der Waals surface area contributed by atoms with E-state index >= 15 is 0 Å². The first-order valence-electron chi connectivity index (χ1n) is 13.0. The predicted molar refractivity (Wildman–Crippen MR) is 155 cm³/mol. The number of furan rings is 1. The van der Waals surface area contributed by atoms with Crippen LogP contribution in [0.4, 0.5) is 0 Å². The molecule has 0 radical (unpaired) electrons. The average Bonchev–Trinajstić information content (AvgIpc) is 3.43. The minimum atomic E-state index is -0.138. The minimum Gasteiger partial charge on any atom is -0.456 e. The van der Waals surface area contributed by atoms with Crippen molar-refractivity contribution in [2.24, 2.45) is 0 Å². The molecule has 1 aliphatic rings. The minimum absolute atomic E-state index is 0.138. The van der Waals surface area contributed by atoms with Crippen molar-refractivity contribution in [1.82, 2.24) is 4.57 Å². The molecule has 0 atom stereocenters. The van der Waals surface area contributed by atoms with Gasteiger partial charge in [-0.05, 0) is 78.6 Å². The quantitative estimate of drug-likeness (QED) is 0.230. The van der Waals surface area contributed by atoms with Gasteiger partial charge in [0.1, 0.15) is 11.2 Å². The van der Waals surface area contributed by atoms with E-state index in [1.54, 1.807) is 0 Å². The summed E-state index contributed by atoms with van der Waals surface area (Å²) in [7, 11) is 0. The normalized spacial score (nSPS) is 14.2. The van der Waals surface area contributed by atoms with Crippen LogP contribution in [0.25, 0.3) is 60.6 Å². The Kier molecular flexibility index (Phi) is 3.90. The molecule has 0 saturated heterocycles. The van der Waals surface area contributed by atoms with Crippen LogP contribution in [-0.4, -0.2) is 4.57 Å². The third-order valence-electron chi connectivity index (χ3n) is 8.46. The lowest BCUT2D eigenvalue weighted by atomic mass is 9.73. The van der Waals surface area contributed by atoms with Gasteiger partial charge in [-0.3, -0.25) is 0 Å². The molecule has 0 spiro atoms. The molecule has 8 rings (SSSR count). The molecule has 1 aliphatic heterocycles. The molecule has 178 valence electrons. The third kappa shape index (κ3) is 2.65. The third-order valence-corrected chi connectivity index (χ3v) is 8.46. The number of rotatable bonds is 1. The van der Waals surface area contributed by atoms with Crippen molar-refractivity contribution in [2.45, 2.75) is 33.1 Å². The Labute approximate surface area is 215 Å². The number of hydrogen-bond donors (Lipinski definition) is 0. The molecular weight excluding hydrogens is 450 g/mol. The summed E-state index contributed by atoms with van der Waals surface area (Å²) < 4.78 is 8.71. The number of nitrogens with zero attached hydrogens (tertiary/aromatic N) is 1. The second-order valence-electron chi connectivity index (χ2n) is 11.2. The molecule has 0 unspecified atom stereocenters. The summed E-state index contributed by atoms with van der Waals surface area (Å²) in [6.45, 7) is 9.17. The highest BCUT2D eigenvalue weighted by atomic mass is 16.3.